The van der Waals surface area contributed by atoms with Gasteiger partial charge in [-0.05, 0) is 20.3 Å². The van der Waals surface area contributed by atoms with Crippen LogP contribution in [0.4, 0.5) is 5.13 Å². The van der Waals surface area contributed by atoms with Gasteiger partial charge in [-0.25, -0.2) is 4.98 Å². The Bertz CT molecular complexity index is 283. The van der Waals surface area contributed by atoms with Gasteiger partial charge < -0.3 is 10.1 Å². The maximum atomic E-state index is 5.42. The lowest BCUT2D eigenvalue weighted by atomic mass is 10.0. The molecule has 0 aliphatic rings. The van der Waals surface area contributed by atoms with Crippen molar-refractivity contribution in [1.82, 2.24) is 9.36 Å². The summed E-state index contributed by atoms with van der Waals surface area (Å²) < 4.78 is 9.71. The summed E-state index contributed by atoms with van der Waals surface area (Å²) in [4.78, 5) is 4.39. The molecule has 4 nitrogen and oxygen atoms in total. The van der Waals surface area contributed by atoms with E-state index in [2.05, 4.69) is 21.6 Å². The molecule has 1 aromatic heterocycles. The molecular weight excluding hydrogens is 198 g/mol. The third kappa shape index (κ3) is 2.22. The number of ether oxygens (including phenoxy) is 1. The number of rotatable bonds is 5. The van der Waals surface area contributed by atoms with Gasteiger partial charge in [0.2, 0.25) is 5.13 Å². The maximum absolute atomic E-state index is 5.42. The summed E-state index contributed by atoms with van der Waals surface area (Å²) in [6.45, 7) is 6.98. The van der Waals surface area contributed by atoms with Gasteiger partial charge in [-0.15, -0.1) is 0 Å². The minimum atomic E-state index is -0.357. The van der Waals surface area contributed by atoms with Crippen molar-refractivity contribution in [1.29, 1.82) is 0 Å². The van der Waals surface area contributed by atoms with E-state index in [0.717, 1.165) is 23.9 Å². The van der Waals surface area contributed by atoms with Crippen molar-refractivity contribution in [2.75, 3.05) is 19.0 Å². The second kappa shape index (κ2) is 4.70. The van der Waals surface area contributed by atoms with Crippen LogP contribution in [-0.4, -0.2) is 23.0 Å². The van der Waals surface area contributed by atoms with Gasteiger partial charge in [-0.1, -0.05) is 6.92 Å². The Labute approximate surface area is 88.9 Å². The Morgan fingerprint density at radius 1 is 1.50 bits per heavy atom. The lowest BCUT2D eigenvalue weighted by Crippen LogP contribution is -2.24. The zero-order chi connectivity index (χ0) is 10.6. The van der Waals surface area contributed by atoms with Crippen LogP contribution in [0.25, 0.3) is 0 Å². The maximum Gasteiger partial charge on any atom is 0.202 e. The highest BCUT2D eigenvalue weighted by molar-refractivity contribution is 7.09. The third-order valence-electron chi connectivity index (χ3n) is 2.35. The lowest BCUT2D eigenvalue weighted by Gasteiger charge is -2.22. The number of aromatic nitrogens is 2. The fourth-order valence-corrected chi connectivity index (χ4v) is 1.80. The molecule has 1 unspecified atom stereocenters. The zero-order valence-corrected chi connectivity index (χ0v) is 9.94. The number of methoxy groups -OCH3 is 1. The molecule has 5 heteroatoms. The molecule has 0 radical (unpaired) electrons. The van der Waals surface area contributed by atoms with Gasteiger partial charge in [0.05, 0.1) is 0 Å². The zero-order valence-electron chi connectivity index (χ0n) is 9.13. The van der Waals surface area contributed by atoms with E-state index in [1.807, 2.05) is 13.8 Å². The molecule has 0 fully saturated rings. The predicted molar refractivity (Wildman–Crippen MR) is 58.7 cm³/mol. The summed E-state index contributed by atoms with van der Waals surface area (Å²) in [7, 11) is 1.69. The molecule has 1 aromatic rings. The summed E-state index contributed by atoms with van der Waals surface area (Å²) in [5, 5.41) is 4.00. The van der Waals surface area contributed by atoms with Gasteiger partial charge in [0.1, 0.15) is 5.60 Å². The quantitative estimate of drug-likeness (QED) is 0.818. The molecule has 14 heavy (non-hydrogen) atoms. The molecular formula is C9H17N3OS. The van der Waals surface area contributed by atoms with Crippen molar-refractivity contribution < 1.29 is 4.74 Å². The van der Waals surface area contributed by atoms with Crippen molar-refractivity contribution in [3.05, 3.63) is 5.82 Å². The predicted octanol–water partition coefficient (Wildman–Crippen LogP) is 2.24. The molecule has 0 spiro atoms. The van der Waals surface area contributed by atoms with Crippen molar-refractivity contribution in [3.8, 4) is 0 Å². The fourth-order valence-electron chi connectivity index (χ4n) is 1.06. The van der Waals surface area contributed by atoms with Crippen molar-refractivity contribution in [2.45, 2.75) is 32.8 Å². The van der Waals surface area contributed by atoms with Crippen LogP contribution in [0.2, 0.25) is 0 Å². The minimum absolute atomic E-state index is 0.357. The first-order chi connectivity index (χ1) is 6.66. The van der Waals surface area contributed by atoms with Gasteiger partial charge in [0, 0.05) is 25.2 Å². The van der Waals surface area contributed by atoms with E-state index in [1.165, 1.54) is 11.5 Å². The van der Waals surface area contributed by atoms with Crippen LogP contribution < -0.4 is 5.32 Å². The normalized spacial score (nSPS) is 15.1. The summed E-state index contributed by atoms with van der Waals surface area (Å²) in [5.41, 5.74) is -0.357. The van der Waals surface area contributed by atoms with E-state index >= 15 is 0 Å². The second-order valence-electron chi connectivity index (χ2n) is 3.24. The standard InChI is InChI=1S/C9H17N3OS/c1-5-9(3,13-4)7-11-8(10-6-2)14-12-7/h5-6H2,1-4H3,(H,10,11,12). The Kier molecular flexibility index (Phi) is 3.83. The number of anilines is 1. The van der Waals surface area contributed by atoms with Crippen LogP contribution in [-0.2, 0) is 10.3 Å². The van der Waals surface area contributed by atoms with Crippen LogP contribution >= 0.6 is 11.5 Å². The SMILES string of the molecule is CCNc1nc(C(C)(CC)OC)ns1. The fraction of sp³-hybridized carbons (Fsp3) is 0.778. The summed E-state index contributed by atoms with van der Waals surface area (Å²) in [6, 6.07) is 0. The van der Waals surface area contributed by atoms with E-state index in [9.17, 15) is 0 Å². The van der Waals surface area contributed by atoms with Crippen LogP contribution in [0.1, 0.15) is 33.0 Å². The van der Waals surface area contributed by atoms with E-state index in [1.54, 1.807) is 7.11 Å². The first-order valence-electron chi connectivity index (χ1n) is 4.79. The van der Waals surface area contributed by atoms with Crippen molar-refractivity contribution >= 4 is 16.7 Å². The molecule has 0 aromatic carbocycles. The minimum Gasteiger partial charge on any atom is -0.370 e. The number of hydrogen-bond acceptors (Lipinski definition) is 5. The largest absolute Gasteiger partial charge is 0.370 e. The van der Waals surface area contributed by atoms with Gasteiger partial charge in [0.25, 0.3) is 0 Å². The molecule has 1 heterocycles. The molecule has 0 aliphatic heterocycles. The Balaban J connectivity index is 2.84. The van der Waals surface area contributed by atoms with Crippen molar-refractivity contribution in [2.24, 2.45) is 0 Å². The van der Waals surface area contributed by atoms with Gasteiger partial charge in [-0.3, -0.25) is 0 Å². The summed E-state index contributed by atoms with van der Waals surface area (Å²) in [6.07, 6.45) is 0.867. The lowest BCUT2D eigenvalue weighted by molar-refractivity contribution is -0.00791. The van der Waals surface area contributed by atoms with E-state index < -0.39 is 0 Å². The highest BCUT2D eigenvalue weighted by Crippen LogP contribution is 2.27. The molecule has 1 atom stereocenters. The molecule has 0 amide bonds. The van der Waals surface area contributed by atoms with Crippen LogP contribution in [0.15, 0.2) is 0 Å². The summed E-state index contributed by atoms with van der Waals surface area (Å²) in [5.74, 6) is 0.767. The number of hydrogen-bond donors (Lipinski definition) is 1. The third-order valence-corrected chi connectivity index (χ3v) is 3.03. The number of nitrogens with one attached hydrogen (secondary N) is 1. The molecule has 0 aliphatic carbocycles. The van der Waals surface area contributed by atoms with E-state index in [0.29, 0.717) is 0 Å². The summed E-state index contributed by atoms with van der Waals surface area (Å²) >= 11 is 1.38. The van der Waals surface area contributed by atoms with Crippen molar-refractivity contribution in [3.63, 3.8) is 0 Å². The Morgan fingerprint density at radius 2 is 2.21 bits per heavy atom. The highest BCUT2D eigenvalue weighted by Gasteiger charge is 2.28. The van der Waals surface area contributed by atoms with Gasteiger partial charge in [-0.2, -0.15) is 4.37 Å². The average molecular weight is 215 g/mol. The first kappa shape index (κ1) is 11.4. The molecule has 80 valence electrons. The first-order valence-corrected chi connectivity index (χ1v) is 5.56. The number of nitrogens with zero attached hydrogens (tertiary/aromatic N) is 2. The Morgan fingerprint density at radius 3 is 2.71 bits per heavy atom. The monoisotopic (exact) mass is 215 g/mol. The smallest absolute Gasteiger partial charge is 0.202 e. The van der Waals surface area contributed by atoms with E-state index in [-0.39, 0.29) is 5.60 Å². The Hall–Kier alpha value is -0.680. The molecule has 1 N–H and O–H groups in total. The van der Waals surface area contributed by atoms with Crippen LogP contribution in [0.3, 0.4) is 0 Å². The highest BCUT2D eigenvalue weighted by atomic mass is 32.1. The van der Waals surface area contributed by atoms with E-state index in [4.69, 9.17) is 4.74 Å². The van der Waals surface area contributed by atoms with Gasteiger partial charge in [0.15, 0.2) is 5.82 Å². The molecule has 0 saturated carbocycles. The second-order valence-corrected chi connectivity index (χ2v) is 3.99. The van der Waals surface area contributed by atoms with Crippen LogP contribution in [0.5, 0.6) is 0 Å². The average Bonchev–Trinajstić information content (AvgIpc) is 2.66. The topological polar surface area (TPSA) is 47.0 Å². The molecule has 0 bridgehead atoms. The van der Waals surface area contributed by atoms with Crippen LogP contribution in [0, 0.1) is 0 Å². The molecule has 0 saturated heterocycles. The van der Waals surface area contributed by atoms with Gasteiger partial charge >= 0.3 is 0 Å². The molecule has 1 rings (SSSR count).